The molecule has 3 aromatic heterocycles. The second-order valence-electron chi connectivity index (χ2n) is 8.29. The predicted molar refractivity (Wildman–Crippen MR) is 131 cm³/mol. The van der Waals surface area contributed by atoms with Crippen LogP contribution in [0.2, 0.25) is 0 Å². The number of carbonyl (C=O) groups excluding carboxylic acids is 1. The minimum Gasteiger partial charge on any atom is -0.323 e. The fraction of sp³-hybridized carbons (Fsp3) is 0.250. The van der Waals surface area contributed by atoms with Gasteiger partial charge in [-0.25, -0.2) is 9.37 Å². The van der Waals surface area contributed by atoms with Gasteiger partial charge in [0.25, 0.3) is 0 Å². The number of likely N-dealkylation sites (N-methyl/N-ethyl adjacent to an activating group) is 1. The molecule has 4 rings (SSSR count). The quantitative estimate of drug-likeness (QED) is 0.387. The van der Waals surface area contributed by atoms with Gasteiger partial charge < -0.3 is 15.5 Å². The summed E-state index contributed by atoms with van der Waals surface area (Å²) in [5.41, 5.74) is 3.85. The smallest absolute Gasteiger partial charge is 0.247 e. The highest BCUT2D eigenvalue weighted by molar-refractivity contribution is 6.00. The van der Waals surface area contributed by atoms with Crippen LogP contribution in [0.4, 0.5) is 21.7 Å². The molecular formula is C24H27FN8O. The van der Waals surface area contributed by atoms with Crippen molar-refractivity contribution in [3.63, 3.8) is 0 Å². The molecule has 0 radical (unpaired) electrons. The lowest BCUT2D eigenvalue weighted by atomic mass is 10.2. The van der Waals surface area contributed by atoms with Crippen LogP contribution >= 0.6 is 0 Å². The summed E-state index contributed by atoms with van der Waals surface area (Å²) in [6.45, 7) is 8.88. The predicted octanol–water partition coefficient (Wildman–Crippen LogP) is 3.80. The van der Waals surface area contributed by atoms with E-state index in [-0.39, 0.29) is 17.7 Å². The lowest BCUT2D eigenvalue weighted by Crippen LogP contribution is -2.18. The van der Waals surface area contributed by atoms with E-state index in [0.717, 1.165) is 47.1 Å². The summed E-state index contributed by atoms with van der Waals surface area (Å²) in [4.78, 5) is 22.3. The molecule has 0 bridgehead atoms. The number of carbonyl (C=O) groups is 1. The minimum atomic E-state index is -0.551. The molecule has 0 fully saturated rings. The third-order valence-electron chi connectivity index (χ3n) is 5.38. The molecule has 1 amide bonds. The van der Waals surface area contributed by atoms with Gasteiger partial charge >= 0.3 is 0 Å². The Balaban J connectivity index is 1.65. The molecule has 3 heterocycles. The van der Waals surface area contributed by atoms with Crippen molar-refractivity contribution in [2.75, 3.05) is 31.3 Å². The van der Waals surface area contributed by atoms with Crippen molar-refractivity contribution in [3.8, 4) is 5.82 Å². The normalized spacial score (nSPS) is 11.2. The Kier molecular flexibility index (Phi) is 6.42. The monoisotopic (exact) mass is 462 g/mol. The zero-order valence-electron chi connectivity index (χ0n) is 19.6. The number of aryl methyl sites for hydroxylation is 2. The number of halogens is 1. The van der Waals surface area contributed by atoms with Crippen LogP contribution < -0.4 is 10.6 Å². The summed E-state index contributed by atoms with van der Waals surface area (Å²) in [6, 6.07) is 5.41. The number of nitrogens with one attached hydrogen (secondary N) is 2. The van der Waals surface area contributed by atoms with Crippen LogP contribution in [0, 0.1) is 19.7 Å². The van der Waals surface area contributed by atoms with Gasteiger partial charge in [0.05, 0.1) is 29.6 Å². The van der Waals surface area contributed by atoms with Crippen molar-refractivity contribution in [2.45, 2.75) is 20.4 Å². The maximum Gasteiger partial charge on any atom is 0.247 e. The van der Waals surface area contributed by atoms with Gasteiger partial charge in [-0.05, 0) is 57.8 Å². The number of fused-ring (bicyclic) bond motifs is 1. The lowest BCUT2D eigenvalue weighted by Gasteiger charge is -2.10. The van der Waals surface area contributed by atoms with Crippen LogP contribution in [0.1, 0.15) is 11.3 Å². The Morgan fingerprint density at radius 1 is 1.26 bits per heavy atom. The van der Waals surface area contributed by atoms with E-state index < -0.39 is 5.82 Å². The van der Waals surface area contributed by atoms with Gasteiger partial charge in [0.2, 0.25) is 11.9 Å². The number of anilines is 3. The molecule has 0 spiro atoms. The highest BCUT2D eigenvalue weighted by atomic mass is 19.1. The highest BCUT2D eigenvalue weighted by Crippen LogP contribution is 2.28. The van der Waals surface area contributed by atoms with E-state index in [4.69, 9.17) is 0 Å². The average molecular weight is 463 g/mol. The van der Waals surface area contributed by atoms with E-state index in [1.165, 1.54) is 6.08 Å². The first-order chi connectivity index (χ1) is 16.2. The third kappa shape index (κ3) is 4.81. The van der Waals surface area contributed by atoms with Crippen LogP contribution in [0.15, 0.2) is 49.4 Å². The molecule has 4 aromatic rings. The van der Waals surface area contributed by atoms with Crippen LogP contribution in [0.25, 0.3) is 16.7 Å². The summed E-state index contributed by atoms with van der Waals surface area (Å²) >= 11 is 0. The largest absolute Gasteiger partial charge is 0.323 e. The molecule has 34 heavy (non-hydrogen) atoms. The summed E-state index contributed by atoms with van der Waals surface area (Å²) < 4.78 is 18.4. The second-order valence-corrected chi connectivity index (χ2v) is 8.29. The fourth-order valence-electron chi connectivity index (χ4n) is 3.61. The maximum absolute atomic E-state index is 14.8. The molecule has 9 nitrogen and oxygen atoms in total. The molecule has 0 aliphatic rings. The Morgan fingerprint density at radius 3 is 2.79 bits per heavy atom. The Hall–Kier alpha value is -4.05. The van der Waals surface area contributed by atoms with Crippen LogP contribution in [0.5, 0.6) is 0 Å². The van der Waals surface area contributed by atoms with E-state index in [2.05, 4.69) is 37.2 Å². The van der Waals surface area contributed by atoms with Gasteiger partial charge in [0.15, 0.2) is 11.6 Å². The van der Waals surface area contributed by atoms with Gasteiger partial charge in [-0.15, -0.1) is 0 Å². The van der Waals surface area contributed by atoms with E-state index in [1.54, 1.807) is 10.6 Å². The number of benzene rings is 1. The summed E-state index contributed by atoms with van der Waals surface area (Å²) in [6.07, 6.45) is 6.06. The first-order valence-corrected chi connectivity index (χ1v) is 10.8. The minimum absolute atomic E-state index is 0.121. The second kappa shape index (κ2) is 9.44. The van der Waals surface area contributed by atoms with Crippen molar-refractivity contribution in [1.82, 2.24) is 29.2 Å². The summed E-state index contributed by atoms with van der Waals surface area (Å²) in [5, 5.41) is 11.3. The van der Waals surface area contributed by atoms with Crippen LogP contribution in [0.3, 0.4) is 0 Å². The molecule has 2 N–H and O–H groups in total. The number of amides is 1. The maximum atomic E-state index is 14.8. The molecule has 0 unspecified atom stereocenters. The first kappa shape index (κ1) is 23.1. The van der Waals surface area contributed by atoms with Gasteiger partial charge in [-0.2, -0.15) is 10.1 Å². The molecule has 0 aliphatic carbocycles. The Morgan fingerprint density at radius 2 is 2.06 bits per heavy atom. The Labute approximate surface area is 196 Å². The summed E-state index contributed by atoms with van der Waals surface area (Å²) in [7, 11) is 4.02. The number of aromatic nitrogens is 5. The average Bonchev–Trinajstić information content (AvgIpc) is 3.32. The molecule has 0 saturated heterocycles. The van der Waals surface area contributed by atoms with E-state index in [0.29, 0.717) is 5.69 Å². The topological polar surface area (TPSA) is 92.9 Å². The van der Waals surface area contributed by atoms with Crippen molar-refractivity contribution in [1.29, 1.82) is 0 Å². The van der Waals surface area contributed by atoms with Crippen LogP contribution in [-0.2, 0) is 11.3 Å². The molecule has 0 atom stereocenters. The first-order valence-electron chi connectivity index (χ1n) is 10.8. The zero-order chi connectivity index (χ0) is 24.4. The van der Waals surface area contributed by atoms with Crippen molar-refractivity contribution in [3.05, 3.63) is 66.5 Å². The van der Waals surface area contributed by atoms with Crippen molar-refractivity contribution < 1.29 is 9.18 Å². The molecule has 0 saturated carbocycles. The third-order valence-corrected chi connectivity index (χ3v) is 5.38. The molecule has 0 aliphatic heterocycles. The molecule has 10 heteroatoms. The summed E-state index contributed by atoms with van der Waals surface area (Å²) in [5.74, 6) is -0.462. The molecule has 176 valence electrons. The molecular weight excluding hydrogens is 435 g/mol. The lowest BCUT2D eigenvalue weighted by molar-refractivity contribution is -0.111. The van der Waals surface area contributed by atoms with Gasteiger partial charge in [0.1, 0.15) is 0 Å². The SMILES string of the molecule is C=CC(=O)Nc1ccc2c(c1)c(C)cn2-c1nc(Nc2cn(CCN(C)C)nc2C)ncc1F. The van der Waals surface area contributed by atoms with Crippen molar-refractivity contribution in [2.24, 2.45) is 0 Å². The zero-order valence-corrected chi connectivity index (χ0v) is 19.6. The van der Waals surface area contributed by atoms with Gasteiger partial charge in [0, 0.05) is 30.0 Å². The number of rotatable bonds is 8. The van der Waals surface area contributed by atoms with E-state index >= 15 is 0 Å². The standard InChI is InChI=1S/C24H27FN8O/c1-6-22(34)27-17-7-8-21-18(11-17)15(2)13-33(21)23-19(25)12-26-24(29-23)28-20-14-32(30-16(20)3)10-9-31(4)5/h6-8,11-14H,1,9-10H2,2-5H3,(H,27,34)(H,26,28,29). The van der Waals surface area contributed by atoms with E-state index in [1.807, 2.05) is 57.2 Å². The highest BCUT2D eigenvalue weighted by Gasteiger charge is 2.16. The number of nitrogens with zero attached hydrogens (tertiary/aromatic N) is 6. The van der Waals surface area contributed by atoms with Gasteiger partial charge in [-0.1, -0.05) is 6.58 Å². The van der Waals surface area contributed by atoms with E-state index in [9.17, 15) is 9.18 Å². The number of hydrogen-bond acceptors (Lipinski definition) is 6. The van der Waals surface area contributed by atoms with Crippen molar-refractivity contribution >= 4 is 34.1 Å². The van der Waals surface area contributed by atoms with Gasteiger partial charge in [-0.3, -0.25) is 14.0 Å². The van der Waals surface area contributed by atoms with Crippen LogP contribution in [-0.4, -0.2) is 55.8 Å². The Bertz CT molecular complexity index is 1370. The fourth-order valence-corrected chi connectivity index (χ4v) is 3.61. The molecule has 1 aromatic carbocycles. The number of hydrogen-bond donors (Lipinski definition) is 2.